The monoisotopic (exact) mass is 358 g/mol. The van der Waals surface area contributed by atoms with Crippen LogP contribution < -0.4 is 9.47 Å². The summed E-state index contributed by atoms with van der Waals surface area (Å²) >= 11 is 1.36. The number of thiazole rings is 1. The molecule has 2 aromatic rings. The first-order valence-corrected chi connectivity index (χ1v) is 9.22. The van der Waals surface area contributed by atoms with Gasteiger partial charge in [-0.05, 0) is 24.6 Å². The average Bonchev–Trinajstić information content (AvgIpc) is 3.19. The van der Waals surface area contributed by atoms with Crippen molar-refractivity contribution in [2.24, 2.45) is 0 Å². The minimum Gasteiger partial charge on any atom is -0.494 e. The lowest BCUT2D eigenvalue weighted by molar-refractivity contribution is 0.214. The summed E-state index contributed by atoms with van der Waals surface area (Å²) in [6, 6.07) is 3.62. The summed E-state index contributed by atoms with van der Waals surface area (Å²) < 4.78 is 50.7. The molecule has 1 aliphatic heterocycles. The molecule has 0 spiro atoms. The first-order chi connectivity index (χ1) is 11.0. The second kappa shape index (κ2) is 6.42. The minimum atomic E-state index is -3.76. The van der Waals surface area contributed by atoms with Gasteiger partial charge in [0.15, 0.2) is 11.6 Å². The van der Waals surface area contributed by atoms with E-state index in [0.29, 0.717) is 18.2 Å². The lowest BCUT2D eigenvalue weighted by Crippen LogP contribution is -2.31. The van der Waals surface area contributed by atoms with E-state index in [-0.39, 0.29) is 23.3 Å². The number of hydrogen-bond acceptors (Lipinski definition) is 6. The van der Waals surface area contributed by atoms with Crippen molar-refractivity contribution in [2.75, 3.05) is 20.2 Å². The van der Waals surface area contributed by atoms with Gasteiger partial charge in [0, 0.05) is 18.1 Å². The zero-order valence-corrected chi connectivity index (χ0v) is 13.9. The van der Waals surface area contributed by atoms with E-state index in [0.717, 1.165) is 6.07 Å². The molecule has 0 aliphatic carbocycles. The number of hydrogen-bond donors (Lipinski definition) is 0. The van der Waals surface area contributed by atoms with Crippen LogP contribution in [0.15, 0.2) is 34.7 Å². The summed E-state index contributed by atoms with van der Waals surface area (Å²) in [4.78, 5) is 3.93. The molecule has 1 atom stereocenters. The van der Waals surface area contributed by atoms with Crippen molar-refractivity contribution in [1.82, 2.24) is 9.29 Å². The summed E-state index contributed by atoms with van der Waals surface area (Å²) in [6.07, 6.45) is 1.94. The highest BCUT2D eigenvalue weighted by Gasteiger charge is 2.34. The molecular weight excluding hydrogens is 343 g/mol. The SMILES string of the molecule is COc1ccc(S(=O)(=O)N2CCC(Oc3nccs3)C2)cc1F. The number of rotatable bonds is 5. The molecule has 1 fully saturated rings. The Morgan fingerprint density at radius 3 is 2.91 bits per heavy atom. The van der Waals surface area contributed by atoms with Crippen molar-refractivity contribution in [3.8, 4) is 10.9 Å². The largest absolute Gasteiger partial charge is 0.494 e. The quantitative estimate of drug-likeness (QED) is 0.819. The Hall–Kier alpha value is -1.71. The number of aromatic nitrogens is 1. The van der Waals surface area contributed by atoms with E-state index in [9.17, 15) is 12.8 Å². The van der Waals surface area contributed by atoms with Gasteiger partial charge < -0.3 is 9.47 Å². The number of halogens is 1. The summed E-state index contributed by atoms with van der Waals surface area (Å²) in [5.74, 6) is -0.696. The second-order valence-electron chi connectivity index (χ2n) is 4.99. The molecule has 1 aliphatic rings. The van der Waals surface area contributed by atoms with Crippen molar-refractivity contribution < 1.29 is 22.3 Å². The molecular formula is C14H15FN2O4S2. The summed E-state index contributed by atoms with van der Waals surface area (Å²) in [5, 5.41) is 2.31. The van der Waals surface area contributed by atoms with Gasteiger partial charge in [0.2, 0.25) is 10.0 Å². The first kappa shape index (κ1) is 16.2. The zero-order valence-electron chi connectivity index (χ0n) is 12.3. The Morgan fingerprint density at radius 2 is 2.26 bits per heavy atom. The maximum absolute atomic E-state index is 13.8. The molecule has 3 rings (SSSR count). The Balaban J connectivity index is 1.74. The summed E-state index contributed by atoms with van der Waals surface area (Å²) in [5.41, 5.74) is 0. The van der Waals surface area contributed by atoms with E-state index < -0.39 is 15.8 Å². The van der Waals surface area contributed by atoms with E-state index in [1.54, 1.807) is 11.6 Å². The predicted octanol–water partition coefficient (Wildman–Crippen LogP) is 2.13. The molecule has 0 bridgehead atoms. The van der Waals surface area contributed by atoms with Gasteiger partial charge in [0.05, 0.1) is 18.6 Å². The molecule has 0 amide bonds. The lowest BCUT2D eigenvalue weighted by atomic mass is 10.3. The fourth-order valence-corrected chi connectivity index (χ4v) is 4.43. The fourth-order valence-electron chi connectivity index (χ4n) is 2.38. The molecule has 1 saturated heterocycles. The van der Waals surface area contributed by atoms with E-state index in [4.69, 9.17) is 9.47 Å². The smallest absolute Gasteiger partial charge is 0.273 e. The Bertz CT molecular complexity index is 780. The van der Waals surface area contributed by atoms with Gasteiger partial charge >= 0.3 is 0 Å². The standard InChI is InChI=1S/C14H15FN2O4S2/c1-20-13-3-2-11(8-12(13)15)23(18,19)17-6-4-10(9-17)21-14-16-5-7-22-14/h2-3,5,7-8,10H,4,6,9H2,1H3. The normalized spacial score (nSPS) is 19.0. The molecule has 1 unspecified atom stereocenters. The average molecular weight is 358 g/mol. The molecule has 0 saturated carbocycles. The van der Waals surface area contributed by atoms with Crippen LogP contribution >= 0.6 is 11.3 Å². The van der Waals surface area contributed by atoms with E-state index in [1.807, 2.05) is 0 Å². The van der Waals surface area contributed by atoms with Crippen LogP contribution in [0, 0.1) is 5.82 Å². The maximum Gasteiger partial charge on any atom is 0.273 e. The molecule has 2 heterocycles. The highest BCUT2D eigenvalue weighted by molar-refractivity contribution is 7.89. The van der Waals surface area contributed by atoms with E-state index in [1.165, 1.54) is 34.9 Å². The second-order valence-corrected chi connectivity index (χ2v) is 7.78. The van der Waals surface area contributed by atoms with E-state index in [2.05, 4.69) is 4.98 Å². The molecule has 23 heavy (non-hydrogen) atoms. The van der Waals surface area contributed by atoms with Crippen LogP contribution in [-0.2, 0) is 10.0 Å². The van der Waals surface area contributed by atoms with Crippen molar-refractivity contribution in [3.63, 3.8) is 0 Å². The molecule has 1 aromatic carbocycles. The van der Waals surface area contributed by atoms with Crippen LogP contribution in [0.5, 0.6) is 10.9 Å². The first-order valence-electron chi connectivity index (χ1n) is 6.90. The van der Waals surface area contributed by atoms with Gasteiger partial charge in [-0.3, -0.25) is 0 Å². The van der Waals surface area contributed by atoms with Crippen LogP contribution in [0.1, 0.15) is 6.42 Å². The fraction of sp³-hybridized carbons (Fsp3) is 0.357. The topological polar surface area (TPSA) is 68.7 Å². The van der Waals surface area contributed by atoms with Gasteiger partial charge in [-0.2, -0.15) is 4.31 Å². The number of nitrogens with zero attached hydrogens (tertiary/aromatic N) is 2. The van der Waals surface area contributed by atoms with Crippen LogP contribution in [0.3, 0.4) is 0 Å². The van der Waals surface area contributed by atoms with Crippen molar-refractivity contribution >= 4 is 21.4 Å². The summed E-state index contributed by atoms with van der Waals surface area (Å²) in [6.45, 7) is 0.543. The van der Waals surface area contributed by atoms with Crippen LogP contribution in [0.2, 0.25) is 0 Å². The van der Waals surface area contributed by atoms with E-state index >= 15 is 0 Å². The van der Waals surface area contributed by atoms with Crippen molar-refractivity contribution in [3.05, 3.63) is 35.6 Å². The third-order valence-corrected chi connectivity index (χ3v) is 6.07. The maximum atomic E-state index is 13.8. The molecule has 124 valence electrons. The minimum absolute atomic E-state index is 0.00958. The predicted molar refractivity (Wildman–Crippen MR) is 82.9 cm³/mol. The van der Waals surface area contributed by atoms with Crippen LogP contribution in [0.25, 0.3) is 0 Å². The van der Waals surface area contributed by atoms with Gasteiger partial charge in [0.1, 0.15) is 6.10 Å². The van der Waals surface area contributed by atoms with Crippen LogP contribution in [0.4, 0.5) is 4.39 Å². The Morgan fingerprint density at radius 1 is 1.43 bits per heavy atom. The van der Waals surface area contributed by atoms with Crippen molar-refractivity contribution in [1.29, 1.82) is 0 Å². The third kappa shape index (κ3) is 3.31. The molecule has 1 aromatic heterocycles. The molecule has 6 nitrogen and oxygen atoms in total. The van der Waals surface area contributed by atoms with Crippen LogP contribution in [-0.4, -0.2) is 44.0 Å². The van der Waals surface area contributed by atoms with Gasteiger partial charge in [0.25, 0.3) is 5.19 Å². The lowest BCUT2D eigenvalue weighted by Gasteiger charge is -2.17. The summed E-state index contributed by atoms with van der Waals surface area (Å²) in [7, 11) is -2.43. The number of ether oxygens (including phenoxy) is 2. The number of sulfonamides is 1. The highest BCUT2D eigenvalue weighted by atomic mass is 32.2. The van der Waals surface area contributed by atoms with Gasteiger partial charge in [-0.1, -0.05) is 11.3 Å². The number of benzene rings is 1. The molecule has 0 radical (unpaired) electrons. The Kier molecular flexibility index (Phi) is 4.51. The van der Waals surface area contributed by atoms with Crippen molar-refractivity contribution in [2.45, 2.75) is 17.4 Å². The molecule has 0 N–H and O–H groups in total. The Labute approximate surface area is 137 Å². The zero-order chi connectivity index (χ0) is 16.4. The highest BCUT2D eigenvalue weighted by Crippen LogP contribution is 2.27. The molecule has 9 heteroatoms. The number of methoxy groups -OCH3 is 1. The van der Waals surface area contributed by atoms with Gasteiger partial charge in [-0.15, -0.1) is 0 Å². The third-order valence-electron chi connectivity index (χ3n) is 3.55. The van der Waals surface area contributed by atoms with Gasteiger partial charge in [-0.25, -0.2) is 17.8 Å².